The Morgan fingerprint density at radius 2 is 1.00 bits per heavy atom. The lowest BCUT2D eigenvalue weighted by Gasteiger charge is -2.47. The highest BCUT2D eigenvalue weighted by Gasteiger charge is 2.57. The molecule has 1 saturated carbocycles. The van der Waals surface area contributed by atoms with Gasteiger partial charge in [-0.25, -0.2) is 15.3 Å². The van der Waals surface area contributed by atoms with Gasteiger partial charge in [-0.15, -0.1) is 6.42 Å². The van der Waals surface area contributed by atoms with Gasteiger partial charge < -0.3 is 49.0 Å². The summed E-state index contributed by atoms with van der Waals surface area (Å²) in [6.07, 6.45) is 5.55. The van der Waals surface area contributed by atoms with Crippen LogP contribution in [0.25, 0.3) is 0 Å². The van der Waals surface area contributed by atoms with Crippen LogP contribution in [-0.4, -0.2) is 148 Å². The van der Waals surface area contributed by atoms with Crippen LogP contribution in [-0.2, 0) is 98.2 Å². The van der Waals surface area contributed by atoms with E-state index in [4.69, 9.17) is 40.6 Å². The molecular weight excluding hydrogens is 1480 g/mol. The molecule has 15 atom stereocenters. The van der Waals surface area contributed by atoms with Gasteiger partial charge in [0.15, 0.2) is 0 Å². The molecule has 0 unspecified atom stereocenters. The number of fused-ring (bicyclic) bond motifs is 3. The minimum absolute atomic E-state index is 0. The summed E-state index contributed by atoms with van der Waals surface area (Å²) in [5, 5.41) is 89.9. The predicted molar refractivity (Wildman–Crippen MR) is 467 cm³/mol. The molecular formula is C86H140N2O26. The van der Waals surface area contributed by atoms with Crippen molar-refractivity contribution in [1.82, 2.24) is 10.5 Å². The van der Waals surface area contributed by atoms with Crippen LogP contribution < -0.4 is 5.64 Å². The van der Waals surface area contributed by atoms with Gasteiger partial charge >= 0.3 is 5.97 Å². The summed E-state index contributed by atoms with van der Waals surface area (Å²) in [7, 11) is 4.49. The van der Waals surface area contributed by atoms with Crippen molar-refractivity contribution in [2.24, 2.45) is 29.6 Å². The number of ether oxygens (including phenoxy) is 5. The minimum Gasteiger partial charge on any atom is -0.456 e. The normalized spacial score (nSPS) is 24.0. The van der Waals surface area contributed by atoms with Gasteiger partial charge in [0.1, 0.15) is 24.0 Å². The smallest absolute Gasteiger partial charge is 0.329 e. The molecule has 3 aliphatic heterocycles. The van der Waals surface area contributed by atoms with Crippen molar-refractivity contribution >= 4 is 23.4 Å². The van der Waals surface area contributed by atoms with Crippen molar-refractivity contribution in [2.75, 3.05) is 27.9 Å². The number of piperidine rings is 1. The SMILES string of the molecule is C#CC#CC#CC#CC#CC#CC#CC#CC#CC#CC#CC#CC#CC#CC#CC#CC#CC#CC#CC#CC#CC.CC[C@@H]1/C=C(\C)[C@@H](O)[C@H](C)C[C@H](OC)[C@H]2O[C@@](O)(C(=O)C(=O)N3CCCC[C@H]3C(=O)O[C@H](/C(C)=C/[C@@H]3CC[C@@H](O)[C@H](OC)C3)[C@H](C)[C@@H](O)CC1=O)[C@H](C)C[C@@H]2OC.OOOOOONOOOOOOO.[HH].[HH].[HH].[HH].[HH].[HH].[HH].[HH].[HH].[HH].[HH].[HH].[HH].[HH].[HH].[HH].[HH].[HH].[HH].[HH].[HH].[HH].[HH].[HH].[HH].[HH].[HH].[HH].[HH].[HH].[HH].[HH]. The second kappa shape index (κ2) is 61.3. The first kappa shape index (κ1) is 97.7. The molecule has 3 fully saturated rings. The van der Waals surface area contributed by atoms with Crippen LogP contribution in [0.4, 0.5) is 0 Å². The van der Waals surface area contributed by atoms with Crippen LogP contribution in [0.2, 0.25) is 0 Å². The van der Waals surface area contributed by atoms with Gasteiger partial charge in [-0.1, -0.05) is 55.7 Å². The summed E-state index contributed by atoms with van der Waals surface area (Å²) in [5.41, 5.74) is 2.56. The molecule has 0 aromatic heterocycles. The standard InChI is InChI=1S/C43H69NO13.C43H4.H3NO13.32H2/c1-10-29-18-23(2)37(48)24(3)19-35(54-8)39-36(55-9)20-26(5)43(52,57-39)40(49)41(50)44-16-12-11-13-30(44)42(51)56-38(27(6)32(46)22-33(29)47)25(4)17-28-14-15-31(45)34(21-28)53-7;1-3-5-7-9-11-13-15-17-19-21-23-25-27-29-31-33-35-37-39-41-43-42-40-38-36-34-32-30-28-26-24-22-20-18-16-14-12-10-8-6-4-2;2-6-10-12-8-4-1-5-9-13-14-11-7-3;;;;;;;;;;;;;;;;;;;;;;;;;;;;;;;;/h17-18,24,26-32,34-39,45-46,48,52H,10-16,19-22H2,1-9H3;1H,2H3;1-3H;32*1H/b23-18+,25-17+;;;;;;;;;;;;;;;;;;;;;;;;;;;;;;;;;;/t24-,26-,27-,28+,29-,30+,31-,32+,34-,35+,36+,37-,38-,39-,43-;;;;;;;;;;;;;;;;;;;;;;;;;;;;;;;;;;/m1................................../s1. The second-order valence-electron chi connectivity index (χ2n) is 23.3. The maximum atomic E-state index is 14.3. The van der Waals surface area contributed by atoms with Crippen LogP contribution in [0.1, 0.15) is 158 Å². The maximum absolute atomic E-state index is 14.3. The number of rotatable bonds is 17. The fraction of sp³-hybridized carbons (Fsp3) is 0.419. The van der Waals surface area contributed by atoms with Crippen LogP contribution >= 0.6 is 0 Å². The zero-order chi connectivity index (χ0) is 83.8. The number of terminal acetylenes is 1. The molecule has 28 nitrogen and oxygen atoms in total. The van der Waals surface area contributed by atoms with Gasteiger partial charge in [0, 0.05) is 240 Å². The molecule has 0 aromatic carbocycles. The Morgan fingerprint density at radius 3 is 1.42 bits per heavy atom. The molecule has 650 valence electrons. The lowest BCUT2D eigenvalue weighted by atomic mass is 9.81. The summed E-state index contributed by atoms with van der Waals surface area (Å²) in [4.78, 5) is 65.0. The summed E-state index contributed by atoms with van der Waals surface area (Å²) in [6.45, 7) is 12.3. The Labute approximate surface area is 711 Å². The Kier molecular flexibility index (Phi) is 52.6. The molecule has 2 bridgehead atoms. The van der Waals surface area contributed by atoms with E-state index in [0.717, 1.165) is 4.90 Å². The van der Waals surface area contributed by atoms with Crippen LogP contribution in [0.15, 0.2) is 23.3 Å². The van der Waals surface area contributed by atoms with E-state index in [1.807, 2.05) is 19.9 Å². The third kappa shape index (κ3) is 40.0. The van der Waals surface area contributed by atoms with Gasteiger partial charge in [0.05, 0.1) is 36.6 Å². The molecule has 4 rings (SSSR count). The number of methoxy groups -OCH3 is 3. The molecule has 0 radical (unpaired) electrons. The Balaban J connectivity index is -0.0000000468. The van der Waals surface area contributed by atoms with E-state index in [1.165, 1.54) is 19.9 Å². The van der Waals surface area contributed by atoms with Gasteiger partial charge in [0.2, 0.25) is 5.79 Å². The van der Waals surface area contributed by atoms with Crippen LogP contribution in [0.5, 0.6) is 0 Å². The fourth-order valence-corrected chi connectivity index (χ4v) is 10.7. The average Bonchev–Trinajstić information content (AvgIpc) is 0.793. The number of carbonyl (C=O) groups is 4. The molecule has 4 aliphatic rings. The number of aliphatic hydroxyl groups is 4. The number of carbonyl (C=O) groups excluding carboxylic acids is 4. The molecule has 3 heterocycles. The molecule has 2 saturated heterocycles. The summed E-state index contributed by atoms with van der Waals surface area (Å²) >= 11 is 0. The number of hydrogen-bond acceptors (Lipinski definition) is 27. The fourth-order valence-electron chi connectivity index (χ4n) is 10.7. The molecule has 114 heavy (non-hydrogen) atoms. The van der Waals surface area contributed by atoms with Gasteiger partial charge in [0.25, 0.3) is 11.7 Å². The highest BCUT2D eigenvalue weighted by Crippen LogP contribution is 2.39. The average molecular weight is 1620 g/mol. The van der Waals surface area contributed by atoms with Gasteiger partial charge in [-0.2, -0.15) is 0 Å². The van der Waals surface area contributed by atoms with Crippen molar-refractivity contribution in [1.29, 1.82) is 0 Å². The maximum Gasteiger partial charge on any atom is 0.329 e. The van der Waals surface area contributed by atoms with Crippen molar-refractivity contribution < 1.29 is 175 Å². The Hall–Kier alpha value is -12.4. The lowest BCUT2D eigenvalue weighted by molar-refractivity contribution is -0.808. The number of esters is 1. The largest absolute Gasteiger partial charge is 0.456 e. The van der Waals surface area contributed by atoms with E-state index in [9.17, 15) is 39.6 Å². The summed E-state index contributed by atoms with van der Waals surface area (Å²) < 4.78 is 29.6. The topological polar surface area (TPSA) is 353 Å². The van der Waals surface area contributed by atoms with Crippen molar-refractivity contribution in [3.8, 4) is 249 Å². The quantitative estimate of drug-likeness (QED) is 0.0135. The summed E-state index contributed by atoms with van der Waals surface area (Å²) in [6, 6.07) is -1.16. The molecule has 1 amide bonds. The number of aliphatic hydroxyl groups excluding tert-OH is 3. The lowest BCUT2D eigenvalue weighted by Crippen LogP contribution is -2.64. The number of cyclic esters (lactones) is 1. The number of ketones is 2. The number of allylic oxidation sites excluding steroid dienone is 2. The zero-order valence-electron chi connectivity index (χ0n) is 63.4. The van der Waals surface area contributed by atoms with E-state index in [1.54, 1.807) is 47.8 Å². The van der Waals surface area contributed by atoms with E-state index < -0.39 is 95.9 Å². The molecule has 0 aromatic rings. The van der Waals surface area contributed by atoms with Gasteiger partial charge in [-0.05, 0) is 247 Å². The molecule has 7 N–H and O–H groups in total. The zero-order valence-corrected chi connectivity index (χ0v) is 63.4. The predicted octanol–water partition coefficient (Wildman–Crippen LogP) is 10.8. The summed E-state index contributed by atoms with van der Waals surface area (Å²) in [5.74, 6) is 93.3. The monoisotopic (exact) mass is 1620 g/mol. The third-order valence-corrected chi connectivity index (χ3v) is 16.1. The molecule has 0 spiro atoms. The number of Topliss-reactive ketones (excluding diaryl/α,β-unsaturated/α-hetero) is 2. The Bertz CT molecular complexity index is 4910. The van der Waals surface area contributed by atoms with Crippen molar-refractivity contribution in [2.45, 2.75) is 173 Å². The number of hydrogen-bond donors (Lipinski definition) is 7. The van der Waals surface area contributed by atoms with Crippen molar-refractivity contribution in [3.05, 3.63) is 23.3 Å². The number of amides is 1. The second-order valence-corrected chi connectivity index (χ2v) is 23.3. The van der Waals surface area contributed by atoms with E-state index in [2.05, 4.69) is 298 Å². The first-order valence-corrected chi connectivity index (χ1v) is 34.0. The molecule has 28 heteroatoms. The first-order valence-electron chi connectivity index (χ1n) is 34.0. The van der Waals surface area contributed by atoms with Crippen molar-refractivity contribution in [3.63, 3.8) is 0 Å². The van der Waals surface area contributed by atoms with E-state index in [-0.39, 0.29) is 95.7 Å². The molecule has 1 aliphatic carbocycles. The Morgan fingerprint density at radius 1 is 0.579 bits per heavy atom. The first-order chi connectivity index (χ1) is 55.2. The number of nitrogens with one attached hydrogen (secondary N) is 1. The van der Waals surface area contributed by atoms with Crippen LogP contribution in [0.3, 0.4) is 0 Å². The highest BCUT2D eigenvalue weighted by molar-refractivity contribution is 6.39. The highest BCUT2D eigenvalue weighted by atomic mass is 17.9. The van der Waals surface area contributed by atoms with Gasteiger partial charge in [-0.3, -0.25) is 14.4 Å². The van der Waals surface area contributed by atoms with E-state index in [0.29, 0.717) is 49.7 Å². The number of nitrogens with zero attached hydrogens (tertiary/aromatic N) is 1. The third-order valence-electron chi connectivity index (χ3n) is 16.1. The minimum atomic E-state index is -2.57. The van der Waals surface area contributed by atoms with Crippen LogP contribution in [0, 0.1) is 279 Å². The van der Waals surface area contributed by atoms with E-state index >= 15 is 0 Å².